The van der Waals surface area contributed by atoms with Gasteiger partial charge in [0.25, 0.3) is 11.8 Å². The molecule has 122 valence electrons. The van der Waals surface area contributed by atoms with Crippen LogP contribution >= 0.6 is 11.3 Å². The molecule has 0 atom stereocenters. The van der Waals surface area contributed by atoms with Crippen molar-refractivity contribution in [2.24, 2.45) is 0 Å². The van der Waals surface area contributed by atoms with Crippen LogP contribution in [0.1, 0.15) is 38.3 Å². The van der Waals surface area contributed by atoms with Crippen molar-refractivity contribution in [3.63, 3.8) is 0 Å². The van der Waals surface area contributed by atoms with Crippen LogP contribution in [0.5, 0.6) is 0 Å². The van der Waals surface area contributed by atoms with Crippen LogP contribution in [0, 0.1) is 6.92 Å². The molecule has 0 radical (unpaired) electrons. The first-order valence-corrected chi connectivity index (χ1v) is 8.68. The Hall–Kier alpha value is -2.08. The lowest BCUT2D eigenvalue weighted by molar-refractivity contribution is 0.0536. The lowest BCUT2D eigenvalue weighted by atomic mass is 10.1. The number of carbonyl (C=O) groups excluding carboxylic acids is 2. The van der Waals surface area contributed by atoms with Crippen LogP contribution in [0.25, 0.3) is 0 Å². The third kappa shape index (κ3) is 3.03. The zero-order chi connectivity index (χ0) is 16.4. The van der Waals surface area contributed by atoms with E-state index >= 15 is 0 Å². The molecular weight excluding hydrogens is 312 g/mol. The van der Waals surface area contributed by atoms with Crippen LogP contribution in [-0.4, -0.2) is 47.8 Å². The van der Waals surface area contributed by atoms with Gasteiger partial charge in [-0.15, -0.1) is 11.3 Å². The summed E-state index contributed by atoms with van der Waals surface area (Å²) in [6.45, 7) is 6.11. The van der Waals surface area contributed by atoms with Crippen LogP contribution in [0.4, 0.5) is 0 Å². The van der Waals surface area contributed by atoms with Crippen molar-refractivity contribution in [2.45, 2.75) is 20.3 Å². The number of thiophene rings is 1. The molecule has 0 spiro atoms. The van der Waals surface area contributed by atoms with Gasteiger partial charge in [0.1, 0.15) is 5.76 Å². The summed E-state index contributed by atoms with van der Waals surface area (Å²) in [5, 5.41) is 1.97. The minimum Gasteiger partial charge on any atom is -0.469 e. The highest BCUT2D eigenvalue weighted by molar-refractivity contribution is 7.12. The molecule has 2 aromatic rings. The first-order chi connectivity index (χ1) is 11.1. The first kappa shape index (κ1) is 15.8. The summed E-state index contributed by atoms with van der Waals surface area (Å²) >= 11 is 1.50. The van der Waals surface area contributed by atoms with E-state index in [1.54, 1.807) is 17.9 Å². The fourth-order valence-corrected chi connectivity index (χ4v) is 3.80. The Balaban J connectivity index is 1.63. The van der Waals surface area contributed by atoms with Gasteiger partial charge in [-0.05, 0) is 36.4 Å². The van der Waals surface area contributed by atoms with E-state index in [4.69, 9.17) is 4.42 Å². The van der Waals surface area contributed by atoms with E-state index in [1.165, 1.54) is 17.6 Å². The Morgan fingerprint density at radius 3 is 2.35 bits per heavy atom. The number of piperazine rings is 1. The van der Waals surface area contributed by atoms with E-state index in [2.05, 4.69) is 6.92 Å². The summed E-state index contributed by atoms with van der Waals surface area (Å²) in [4.78, 5) is 29.5. The minimum atomic E-state index is -0.0197. The summed E-state index contributed by atoms with van der Waals surface area (Å²) in [5.41, 5.74) is 1.71. The molecule has 2 aromatic heterocycles. The van der Waals surface area contributed by atoms with Gasteiger partial charge in [0.2, 0.25) is 0 Å². The zero-order valence-corrected chi connectivity index (χ0v) is 14.2. The molecule has 23 heavy (non-hydrogen) atoms. The molecule has 1 fully saturated rings. The van der Waals surface area contributed by atoms with Crippen LogP contribution in [0.2, 0.25) is 0 Å². The summed E-state index contributed by atoms with van der Waals surface area (Å²) in [6, 6.07) is 3.72. The highest BCUT2D eigenvalue weighted by Crippen LogP contribution is 2.21. The molecule has 0 N–H and O–H groups in total. The van der Waals surface area contributed by atoms with E-state index in [0.29, 0.717) is 37.5 Å². The molecule has 0 bridgehead atoms. The maximum Gasteiger partial charge on any atom is 0.264 e. The molecule has 6 heteroatoms. The van der Waals surface area contributed by atoms with Gasteiger partial charge < -0.3 is 14.2 Å². The topological polar surface area (TPSA) is 53.8 Å². The van der Waals surface area contributed by atoms with Gasteiger partial charge in [-0.3, -0.25) is 9.59 Å². The maximum absolute atomic E-state index is 12.6. The molecular formula is C17H20N2O3S. The molecule has 0 aliphatic carbocycles. The van der Waals surface area contributed by atoms with Crippen LogP contribution in [0.3, 0.4) is 0 Å². The van der Waals surface area contributed by atoms with Gasteiger partial charge in [0.05, 0.1) is 16.7 Å². The largest absolute Gasteiger partial charge is 0.469 e. The summed E-state index contributed by atoms with van der Waals surface area (Å²) < 4.78 is 5.20. The second-order valence-electron chi connectivity index (χ2n) is 5.60. The third-order valence-electron chi connectivity index (χ3n) is 4.27. The number of carbonyl (C=O) groups is 2. The van der Waals surface area contributed by atoms with Gasteiger partial charge in [0, 0.05) is 26.2 Å². The monoisotopic (exact) mass is 332 g/mol. The number of rotatable bonds is 3. The van der Waals surface area contributed by atoms with Crippen LogP contribution in [-0.2, 0) is 6.42 Å². The lowest BCUT2D eigenvalue weighted by Crippen LogP contribution is -2.50. The molecule has 3 rings (SSSR count). The Morgan fingerprint density at radius 1 is 1.13 bits per heavy atom. The van der Waals surface area contributed by atoms with Gasteiger partial charge in [-0.2, -0.15) is 0 Å². The number of furan rings is 1. The van der Waals surface area contributed by atoms with Crippen molar-refractivity contribution in [3.05, 3.63) is 45.5 Å². The minimum absolute atomic E-state index is 0.0197. The SMILES string of the molecule is CCc1ccsc1C(=O)N1CCN(C(=O)c2ccoc2C)CC1. The number of hydrogen-bond acceptors (Lipinski definition) is 4. The average Bonchev–Trinajstić information content (AvgIpc) is 3.22. The molecule has 0 saturated carbocycles. The fraction of sp³-hybridized carbons (Fsp3) is 0.412. The highest BCUT2D eigenvalue weighted by Gasteiger charge is 2.27. The quantitative estimate of drug-likeness (QED) is 0.868. The Morgan fingerprint density at radius 2 is 1.78 bits per heavy atom. The Kier molecular flexibility index (Phi) is 4.52. The highest BCUT2D eigenvalue weighted by atomic mass is 32.1. The number of nitrogens with zero attached hydrogens (tertiary/aromatic N) is 2. The summed E-state index contributed by atoms with van der Waals surface area (Å²) in [7, 11) is 0. The second kappa shape index (κ2) is 6.58. The molecule has 0 aromatic carbocycles. The van der Waals surface area contributed by atoms with Gasteiger partial charge in [0.15, 0.2) is 0 Å². The zero-order valence-electron chi connectivity index (χ0n) is 13.4. The Bertz CT molecular complexity index is 711. The van der Waals surface area contributed by atoms with E-state index in [0.717, 1.165) is 16.9 Å². The number of aryl methyl sites for hydroxylation is 2. The van der Waals surface area contributed by atoms with Crippen molar-refractivity contribution in [2.75, 3.05) is 26.2 Å². The standard InChI is InChI=1S/C17H20N2O3S/c1-3-13-5-11-23-15(13)17(21)19-8-6-18(7-9-19)16(20)14-4-10-22-12(14)2/h4-5,10-11H,3,6-9H2,1-2H3. The van der Waals surface area contributed by atoms with Crippen molar-refractivity contribution in [1.82, 2.24) is 9.80 Å². The number of amides is 2. The van der Waals surface area contributed by atoms with Crippen LogP contribution in [0.15, 0.2) is 28.2 Å². The summed E-state index contributed by atoms with van der Waals surface area (Å²) in [5.74, 6) is 0.705. The lowest BCUT2D eigenvalue weighted by Gasteiger charge is -2.34. The van der Waals surface area contributed by atoms with E-state index in [9.17, 15) is 9.59 Å². The van der Waals surface area contributed by atoms with Crippen LogP contribution < -0.4 is 0 Å². The third-order valence-corrected chi connectivity index (χ3v) is 5.21. The van der Waals surface area contributed by atoms with E-state index in [1.807, 2.05) is 16.3 Å². The molecule has 1 aliphatic heterocycles. The fourth-order valence-electron chi connectivity index (χ4n) is 2.84. The second-order valence-corrected chi connectivity index (χ2v) is 6.52. The van der Waals surface area contributed by atoms with E-state index in [-0.39, 0.29) is 11.8 Å². The predicted octanol–water partition coefficient (Wildman–Crippen LogP) is 2.81. The van der Waals surface area contributed by atoms with Gasteiger partial charge in [-0.1, -0.05) is 6.92 Å². The molecule has 3 heterocycles. The summed E-state index contributed by atoms with van der Waals surface area (Å²) in [6.07, 6.45) is 2.40. The Labute approximate surface area is 139 Å². The molecule has 2 amide bonds. The first-order valence-electron chi connectivity index (χ1n) is 7.80. The van der Waals surface area contributed by atoms with Crippen molar-refractivity contribution in [1.29, 1.82) is 0 Å². The average molecular weight is 332 g/mol. The molecule has 1 saturated heterocycles. The van der Waals surface area contributed by atoms with Gasteiger partial charge in [-0.25, -0.2) is 0 Å². The maximum atomic E-state index is 12.6. The van der Waals surface area contributed by atoms with Gasteiger partial charge >= 0.3 is 0 Å². The smallest absolute Gasteiger partial charge is 0.264 e. The van der Waals surface area contributed by atoms with Crippen molar-refractivity contribution < 1.29 is 14.0 Å². The van der Waals surface area contributed by atoms with Crippen molar-refractivity contribution >= 4 is 23.2 Å². The molecule has 0 unspecified atom stereocenters. The van der Waals surface area contributed by atoms with E-state index < -0.39 is 0 Å². The molecule has 5 nitrogen and oxygen atoms in total. The molecule has 1 aliphatic rings. The predicted molar refractivity (Wildman–Crippen MR) is 88.9 cm³/mol. The number of hydrogen-bond donors (Lipinski definition) is 0. The normalized spacial score (nSPS) is 15.0. The van der Waals surface area contributed by atoms with Crippen molar-refractivity contribution in [3.8, 4) is 0 Å².